The quantitative estimate of drug-likeness (QED) is 0.774. The molecule has 118 valence electrons. The minimum atomic E-state index is -0.220. The molecular weight excluding hydrogens is 270 g/mol. The molecule has 22 heavy (non-hydrogen) atoms. The number of benzene rings is 2. The van der Waals surface area contributed by atoms with Crippen molar-refractivity contribution in [3.8, 4) is 11.1 Å². The fourth-order valence-corrected chi connectivity index (χ4v) is 2.66. The molecule has 2 atom stereocenters. The highest BCUT2D eigenvalue weighted by Gasteiger charge is 2.13. The Labute approximate surface area is 134 Å². The van der Waals surface area contributed by atoms with Crippen molar-refractivity contribution in [1.82, 2.24) is 5.32 Å². The predicted molar refractivity (Wildman–Crippen MR) is 93.9 cm³/mol. The van der Waals surface area contributed by atoms with Gasteiger partial charge in [-0.15, -0.1) is 0 Å². The second-order valence-corrected chi connectivity index (χ2v) is 6.04. The summed E-state index contributed by atoms with van der Waals surface area (Å²) in [6, 6.07) is 19.1. The zero-order valence-electron chi connectivity index (χ0n) is 13.6. The summed E-state index contributed by atoms with van der Waals surface area (Å²) in [7, 11) is 1.95. The number of rotatable bonds is 8. The molecule has 0 aromatic heterocycles. The Bertz CT molecular complexity index is 535. The van der Waals surface area contributed by atoms with Crippen LogP contribution in [0.25, 0.3) is 11.1 Å². The molecule has 0 spiro atoms. The van der Waals surface area contributed by atoms with E-state index in [2.05, 4.69) is 60.8 Å². The molecule has 0 radical (unpaired) electrons. The molecule has 2 aromatic carbocycles. The van der Waals surface area contributed by atoms with Crippen molar-refractivity contribution < 1.29 is 5.11 Å². The van der Waals surface area contributed by atoms with Crippen LogP contribution in [0.4, 0.5) is 0 Å². The fraction of sp³-hybridized carbons (Fsp3) is 0.400. The van der Waals surface area contributed by atoms with Gasteiger partial charge in [0.2, 0.25) is 0 Å². The molecule has 2 unspecified atom stereocenters. The molecule has 0 heterocycles. The topological polar surface area (TPSA) is 32.3 Å². The van der Waals surface area contributed by atoms with Crippen LogP contribution in [0.2, 0.25) is 0 Å². The predicted octanol–water partition coefficient (Wildman–Crippen LogP) is 3.89. The molecule has 0 aliphatic rings. The standard InChI is InChI=1S/C20H27NO/c1-16(14-15-21-2)20(22)13-10-17-8-11-19(12-9-17)18-6-4-3-5-7-18/h3-9,11-12,16,20-22H,10,13-15H2,1-2H3. The van der Waals surface area contributed by atoms with Gasteiger partial charge in [0.25, 0.3) is 0 Å². The van der Waals surface area contributed by atoms with E-state index in [1.54, 1.807) is 0 Å². The molecule has 0 aliphatic heterocycles. The van der Waals surface area contributed by atoms with Crippen molar-refractivity contribution >= 4 is 0 Å². The van der Waals surface area contributed by atoms with E-state index < -0.39 is 0 Å². The SMILES string of the molecule is CNCCC(C)C(O)CCc1ccc(-c2ccccc2)cc1. The third-order valence-corrected chi connectivity index (χ3v) is 4.30. The number of aryl methyl sites for hydroxylation is 1. The van der Waals surface area contributed by atoms with E-state index in [0.29, 0.717) is 5.92 Å². The largest absolute Gasteiger partial charge is 0.393 e. The van der Waals surface area contributed by atoms with E-state index in [4.69, 9.17) is 0 Å². The summed E-state index contributed by atoms with van der Waals surface area (Å²) < 4.78 is 0. The second-order valence-electron chi connectivity index (χ2n) is 6.04. The number of aliphatic hydroxyl groups is 1. The lowest BCUT2D eigenvalue weighted by molar-refractivity contribution is 0.103. The van der Waals surface area contributed by atoms with Gasteiger partial charge >= 0.3 is 0 Å². The van der Waals surface area contributed by atoms with Crippen LogP contribution in [0, 0.1) is 5.92 Å². The minimum Gasteiger partial charge on any atom is -0.393 e. The summed E-state index contributed by atoms with van der Waals surface area (Å²) in [5.74, 6) is 0.344. The maximum atomic E-state index is 10.2. The molecule has 0 bridgehead atoms. The Kier molecular flexibility index (Phi) is 6.63. The number of nitrogens with one attached hydrogen (secondary N) is 1. The lowest BCUT2D eigenvalue weighted by atomic mass is 9.94. The van der Waals surface area contributed by atoms with E-state index in [9.17, 15) is 5.11 Å². The highest BCUT2D eigenvalue weighted by atomic mass is 16.3. The van der Waals surface area contributed by atoms with Crippen LogP contribution in [-0.4, -0.2) is 24.8 Å². The number of hydrogen-bond acceptors (Lipinski definition) is 2. The first-order valence-corrected chi connectivity index (χ1v) is 8.17. The molecule has 2 aromatic rings. The van der Waals surface area contributed by atoms with Gasteiger partial charge < -0.3 is 10.4 Å². The van der Waals surface area contributed by atoms with Crippen LogP contribution in [0.1, 0.15) is 25.3 Å². The zero-order chi connectivity index (χ0) is 15.8. The summed E-state index contributed by atoms with van der Waals surface area (Å²) in [4.78, 5) is 0. The van der Waals surface area contributed by atoms with Crippen LogP contribution < -0.4 is 5.32 Å². The fourth-order valence-electron chi connectivity index (χ4n) is 2.66. The van der Waals surface area contributed by atoms with E-state index in [-0.39, 0.29) is 6.10 Å². The monoisotopic (exact) mass is 297 g/mol. The van der Waals surface area contributed by atoms with E-state index in [0.717, 1.165) is 25.8 Å². The van der Waals surface area contributed by atoms with Crippen molar-refractivity contribution in [1.29, 1.82) is 0 Å². The first kappa shape index (κ1) is 16.7. The molecular formula is C20H27NO. The van der Waals surface area contributed by atoms with Gasteiger partial charge in [0.1, 0.15) is 0 Å². The van der Waals surface area contributed by atoms with Crippen LogP contribution >= 0.6 is 0 Å². The molecule has 2 heteroatoms. The average Bonchev–Trinajstić information content (AvgIpc) is 2.58. The summed E-state index contributed by atoms with van der Waals surface area (Å²) in [5.41, 5.74) is 3.78. The van der Waals surface area contributed by atoms with Gasteiger partial charge in [0.15, 0.2) is 0 Å². The van der Waals surface area contributed by atoms with Crippen molar-refractivity contribution in [2.45, 2.75) is 32.3 Å². The lowest BCUT2D eigenvalue weighted by Gasteiger charge is -2.18. The lowest BCUT2D eigenvalue weighted by Crippen LogP contribution is -2.22. The van der Waals surface area contributed by atoms with E-state index >= 15 is 0 Å². The van der Waals surface area contributed by atoms with Gasteiger partial charge in [-0.3, -0.25) is 0 Å². The molecule has 2 nitrogen and oxygen atoms in total. The Morgan fingerprint density at radius 3 is 2.18 bits per heavy atom. The smallest absolute Gasteiger partial charge is 0.0569 e. The summed E-state index contributed by atoms with van der Waals surface area (Å²) >= 11 is 0. The highest BCUT2D eigenvalue weighted by Crippen LogP contribution is 2.20. The summed E-state index contributed by atoms with van der Waals surface area (Å²) in [5, 5.41) is 13.3. The maximum Gasteiger partial charge on any atom is 0.0569 e. The van der Waals surface area contributed by atoms with E-state index in [1.165, 1.54) is 16.7 Å². The summed E-state index contributed by atoms with van der Waals surface area (Å²) in [6.45, 7) is 3.09. The van der Waals surface area contributed by atoms with Crippen molar-refractivity contribution in [2.75, 3.05) is 13.6 Å². The molecule has 0 saturated heterocycles. The number of aliphatic hydroxyl groups excluding tert-OH is 1. The molecule has 0 amide bonds. The third kappa shape index (κ3) is 4.97. The third-order valence-electron chi connectivity index (χ3n) is 4.30. The Morgan fingerprint density at radius 2 is 1.55 bits per heavy atom. The van der Waals surface area contributed by atoms with Gasteiger partial charge in [-0.2, -0.15) is 0 Å². The van der Waals surface area contributed by atoms with Gasteiger partial charge in [-0.1, -0.05) is 61.5 Å². The van der Waals surface area contributed by atoms with Gasteiger partial charge in [-0.05, 0) is 55.5 Å². The Hall–Kier alpha value is -1.64. The maximum absolute atomic E-state index is 10.2. The molecule has 0 fully saturated rings. The second kappa shape index (κ2) is 8.72. The molecule has 2 rings (SSSR count). The first-order chi connectivity index (χ1) is 10.7. The van der Waals surface area contributed by atoms with Gasteiger partial charge in [0.05, 0.1) is 6.10 Å². The van der Waals surface area contributed by atoms with Crippen LogP contribution in [0.3, 0.4) is 0 Å². The van der Waals surface area contributed by atoms with Crippen LogP contribution in [0.5, 0.6) is 0 Å². The number of hydrogen-bond donors (Lipinski definition) is 2. The highest BCUT2D eigenvalue weighted by molar-refractivity contribution is 5.63. The molecule has 2 N–H and O–H groups in total. The van der Waals surface area contributed by atoms with Crippen molar-refractivity contribution in [2.24, 2.45) is 5.92 Å². The normalized spacial score (nSPS) is 13.8. The Balaban J connectivity index is 1.86. The van der Waals surface area contributed by atoms with Crippen LogP contribution in [0.15, 0.2) is 54.6 Å². The zero-order valence-corrected chi connectivity index (χ0v) is 13.6. The molecule has 0 saturated carbocycles. The van der Waals surface area contributed by atoms with Gasteiger partial charge in [0, 0.05) is 0 Å². The van der Waals surface area contributed by atoms with E-state index in [1.807, 2.05) is 13.1 Å². The minimum absolute atomic E-state index is 0.220. The first-order valence-electron chi connectivity index (χ1n) is 8.17. The summed E-state index contributed by atoms with van der Waals surface area (Å²) in [6.07, 6.45) is 2.56. The molecule has 0 aliphatic carbocycles. The van der Waals surface area contributed by atoms with Crippen molar-refractivity contribution in [3.05, 3.63) is 60.2 Å². The average molecular weight is 297 g/mol. The van der Waals surface area contributed by atoms with Crippen molar-refractivity contribution in [3.63, 3.8) is 0 Å². The Morgan fingerprint density at radius 1 is 0.909 bits per heavy atom. The van der Waals surface area contributed by atoms with Gasteiger partial charge in [-0.25, -0.2) is 0 Å². The van der Waals surface area contributed by atoms with Crippen LogP contribution in [-0.2, 0) is 6.42 Å².